The maximum absolute atomic E-state index is 12.7. The molecule has 1 aliphatic rings. The molecular formula is C18H26N2O6S. The summed E-state index contributed by atoms with van der Waals surface area (Å²) in [6, 6.07) is 5.76. The Hall–Kier alpha value is -1.97. The lowest BCUT2D eigenvalue weighted by Crippen LogP contribution is -2.40. The summed E-state index contributed by atoms with van der Waals surface area (Å²) in [5.74, 6) is -1.30. The van der Waals surface area contributed by atoms with Gasteiger partial charge in [0.1, 0.15) is 5.41 Å². The summed E-state index contributed by atoms with van der Waals surface area (Å²) in [5.41, 5.74) is -0.775. The smallest absolute Gasteiger partial charge is 0.313 e. The van der Waals surface area contributed by atoms with Crippen molar-refractivity contribution in [2.24, 2.45) is 5.41 Å². The van der Waals surface area contributed by atoms with Crippen LogP contribution in [0.15, 0.2) is 29.2 Å². The molecule has 1 amide bonds. The van der Waals surface area contributed by atoms with Crippen LogP contribution in [-0.4, -0.2) is 74.5 Å². The van der Waals surface area contributed by atoms with Gasteiger partial charge in [0, 0.05) is 38.9 Å². The maximum Gasteiger partial charge on any atom is 0.313 e. The van der Waals surface area contributed by atoms with Gasteiger partial charge in [-0.1, -0.05) is 13.8 Å². The molecule has 1 heterocycles. The number of likely N-dealkylation sites (tertiary alicyclic amines) is 1. The summed E-state index contributed by atoms with van der Waals surface area (Å²) in [6.45, 7) is 4.67. The molecule has 1 aromatic carbocycles. The Bertz CT molecular complexity index is 789. The number of carbonyl (C=O) groups excluding carboxylic acids is 1. The molecule has 0 aliphatic carbocycles. The Morgan fingerprint density at radius 1 is 1.22 bits per heavy atom. The number of nitrogens with zero attached hydrogens (tertiary/aromatic N) is 2. The zero-order valence-corrected chi connectivity index (χ0v) is 16.7. The summed E-state index contributed by atoms with van der Waals surface area (Å²) >= 11 is 0. The summed E-state index contributed by atoms with van der Waals surface area (Å²) in [4.78, 5) is 25.9. The van der Waals surface area contributed by atoms with E-state index in [1.165, 1.54) is 40.6 Å². The number of rotatable bonds is 8. The average Bonchev–Trinajstić information content (AvgIpc) is 3.08. The van der Waals surface area contributed by atoms with Crippen LogP contribution >= 0.6 is 0 Å². The topological polar surface area (TPSA) is 104 Å². The second kappa shape index (κ2) is 8.37. The first-order valence-corrected chi connectivity index (χ1v) is 10.3. The fourth-order valence-electron chi connectivity index (χ4n) is 3.34. The Morgan fingerprint density at radius 2 is 1.81 bits per heavy atom. The zero-order chi connectivity index (χ0) is 20.2. The number of carbonyl (C=O) groups is 2. The molecule has 8 nitrogen and oxygen atoms in total. The number of methoxy groups -OCH3 is 1. The van der Waals surface area contributed by atoms with Gasteiger partial charge in [0.25, 0.3) is 5.91 Å². The third-order valence-corrected chi connectivity index (χ3v) is 7.02. The van der Waals surface area contributed by atoms with Crippen molar-refractivity contribution in [1.29, 1.82) is 0 Å². The molecule has 27 heavy (non-hydrogen) atoms. The van der Waals surface area contributed by atoms with Crippen LogP contribution in [0.3, 0.4) is 0 Å². The molecule has 0 aromatic heterocycles. The quantitative estimate of drug-likeness (QED) is 0.707. The zero-order valence-electron chi connectivity index (χ0n) is 15.8. The van der Waals surface area contributed by atoms with Crippen LogP contribution in [0.1, 0.15) is 30.6 Å². The van der Waals surface area contributed by atoms with E-state index in [0.717, 1.165) is 0 Å². The second-order valence-corrected chi connectivity index (χ2v) is 8.55. The Morgan fingerprint density at radius 3 is 2.30 bits per heavy atom. The fraction of sp³-hybridized carbons (Fsp3) is 0.556. The lowest BCUT2D eigenvalue weighted by Gasteiger charge is -2.24. The summed E-state index contributed by atoms with van der Waals surface area (Å²) in [7, 11) is -2.15. The molecule has 0 saturated carbocycles. The molecule has 2 rings (SSSR count). The van der Waals surface area contributed by atoms with Crippen LogP contribution in [0.4, 0.5) is 0 Å². The van der Waals surface area contributed by atoms with E-state index >= 15 is 0 Å². The van der Waals surface area contributed by atoms with Crippen molar-refractivity contribution in [3.63, 3.8) is 0 Å². The minimum atomic E-state index is -3.59. The number of hydrogen-bond acceptors (Lipinski definition) is 5. The number of hydrogen-bond donors (Lipinski definition) is 1. The van der Waals surface area contributed by atoms with E-state index in [4.69, 9.17) is 4.74 Å². The first-order valence-electron chi connectivity index (χ1n) is 8.83. The van der Waals surface area contributed by atoms with Gasteiger partial charge >= 0.3 is 5.97 Å². The van der Waals surface area contributed by atoms with Crippen LogP contribution < -0.4 is 0 Å². The van der Waals surface area contributed by atoms with Gasteiger partial charge in [0.2, 0.25) is 10.0 Å². The van der Waals surface area contributed by atoms with Gasteiger partial charge in [0.15, 0.2) is 0 Å². The van der Waals surface area contributed by atoms with Crippen LogP contribution in [0.5, 0.6) is 0 Å². The van der Waals surface area contributed by atoms with Crippen molar-refractivity contribution in [3.05, 3.63) is 29.8 Å². The van der Waals surface area contributed by atoms with Crippen LogP contribution in [0.2, 0.25) is 0 Å². The molecule has 1 aliphatic heterocycles. The first kappa shape index (κ1) is 21.3. The van der Waals surface area contributed by atoms with Crippen molar-refractivity contribution in [2.75, 3.05) is 39.9 Å². The Balaban J connectivity index is 2.18. The minimum absolute atomic E-state index is 0.0349. The molecule has 1 unspecified atom stereocenters. The molecule has 0 radical (unpaired) electrons. The molecule has 0 bridgehead atoms. The van der Waals surface area contributed by atoms with Gasteiger partial charge < -0.3 is 14.7 Å². The number of sulfonamides is 1. The molecule has 1 N–H and O–H groups in total. The summed E-state index contributed by atoms with van der Waals surface area (Å²) in [6.07, 6.45) is 0.316. The van der Waals surface area contributed by atoms with E-state index in [9.17, 15) is 23.1 Å². The van der Waals surface area contributed by atoms with Gasteiger partial charge in [-0.2, -0.15) is 4.31 Å². The monoisotopic (exact) mass is 398 g/mol. The molecule has 1 saturated heterocycles. The number of carboxylic acid groups (broad SMARTS) is 1. The van der Waals surface area contributed by atoms with E-state index < -0.39 is 21.4 Å². The normalized spacial score (nSPS) is 20.2. The van der Waals surface area contributed by atoms with Crippen molar-refractivity contribution in [3.8, 4) is 0 Å². The SMILES string of the molecule is CCN(CC)S(=O)(=O)c1ccc(C(=O)N2CCC(COC)(C(=O)O)C2)cc1. The molecular weight excluding hydrogens is 372 g/mol. The molecule has 1 fully saturated rings. The van der Waals surface area contributed by atoms with E-state index in [0.29, 0.717) is 31.6 Å². The Labute approximate surface area is 159 Å². The number of amides is 1. The average molecular weight is 398 g/mol. The Kier molecular flexibility index (Phi) is 6.61. The third kappa shape index (κ3) is 4.15. The number of ether oxygens (including phenoxy) is 1. The van der Waals surface area contributed by atoms with Crippen LogP contribution in [0, 0.1) is 5.41 Å². The van der Waals surface area contributed by atoms with E-state index in [-0.39, 0.29) is 24.0 Å². The van der Waals surface area contributed by atoms with Gasteiger partial charge in [-0.25, -0.2) is 8.42 Å². The number of carboxylic acids is 1. The lowest BCUT2D eigenvalue weighted by atomic mass is 9.88. The molecule has 150 valence electrons. The highest BCUT2D eigenvalue weighted by Gasteiger charge is 2.46. The highest BCUT2D eigenvalue weighted by atomic mass is 32.2. The van der Waals surface area contributed by atoms with Crippen LogP contribution in [0.25, 0.3) is 0 Å². The highest BCUT2D eigenvalue weighted by molar-refractivity contribution is 7.89. The minimum Gasteiger partial charge on any atom is -0.481 e. The van der Waals surface area contributed by atoms with Crippen molar-refractivity contribution >= 4 is 21.9 Å². The molecule has 9 heteroatoms. The molecule has 0 spiro atoms. The van der Waals surface area contributed by atoms with Gasteiger partial charge in [0.05, 0.1) is 11.5 Å². The highest BCUT2D eigenvalue weighted by Crippen LogP contribution is 2.32. The van der Waals surface area contributed by atoms with E-state index in [1.807, 2.05) is 0 Å². The second-order valence-electron chi connectivity index (χ2n) is 6.61. The summed E-state index contributed by atoms with van der Waals surface area (Å²) < 4.78 is 31.4. The van der Waals surface area contributed by atoms with Gasteiger partial charge in [-0.05, 0) is 30.7 Å². The lowest BCUT2D eigenvalue weighted by molar-refractivity contribution is -0.151. The van der Waals surface area contributed by atoms with Crippen molar-refractivity contribution in [1.82, 2.24) is 9.21 Å². The largest absolute Gasteiger partial charge is 0.481 e. The maximum atomic E-state index is 12.7. The number of benzene rings is 1. The van der Waals surface area contributed by atoms with E-state index in [1.54, 1.807) is 13.8 Å². The predicted molar refractivity (Wildman–Crippen MR) is 99.0 cm³/mol. The van der Waals surface area contributed by atoms with Crippen molar-refractivity contribution in [2.45, 2.75) is 25.2 Å². The number of aliphatic carboxylic acids is 1. The molecule has 1 aromatic rings. The predicted octanol–water partition coefficient (Wildman–Crippen LogP) is 1.28. The molecule has 1 atom stereocenters. The van der Waals surface area contributed by atoms with Gasteiger partial charge in [-0.15, -0.1) is 0 Å². The standard InChI is InChI=1S/C18H26N2O6S/c1-4-20(5-2)27(24,25)15-8-6-14(7-9-15)16(21)19-11-10-18(12-19,13-26-3)17(22)23/h6-9H,4-5,10-13H2,1-3H3,(H,22,23). The fourth-order valence-corrected chi connectivity index (χ4v) is 4.80. The van der Waals surface area contributed by atoms with Crippen LogP contribution in [-0.2, 0) is 19.6 Å². The van der Waals surface area contributed by atoms with Crippen molar-refractivity contribution < 1.29 is 27.9 Å². The third-order valence-electron chi connectivity index (χ3n) is 4.96. The summed E-state index contributed by atoms with van der Waals surface area (Å²) in [5, 5.41) is 9.50. The first-order chi connectivity index (χ1) is 12.7. The van der Waals surface area contributed by atoms with Gasteiger partial charge in [-0.3, -0.25) is 9.59 Å². The van der Waals surface area contributed by atoms with E-state index in [2.05, 4.69) is 0 Å².